The van der Waals surface area contributed by atoms with E-state index < -0.39 is 0 Å². The van der Waals surface area contributed by atoms with Crippen LogP contribution in [0.5, 0.6) is 0 Å². The molecule has 0 N–H and O–H groups in total. The molecule has 0 radical (unpaired) electrons. The third-order valence-corrected chi connectivity index (χ3v) is 1.41. The first-order valence-electron chi connectivity index (χ1n) is 3.69. The third-order valence-electron chi connectivity index (χ3n) is 1.41. The fourth-order valence-electron chi connectivity index (χ4n) is 0.492. The number of rotatable bonds is 3. The Hall–Kier alpha value is -0.720. The molecule has 0 aliphatic heterocycles. The van der Waals surface area contributed by atoms with E-state index in [0.717, 1.165) is 6.42 Å². The molecule has 0 saturated carbocycles. The first-order chi connectivity index (χ1) is 4.68. The Morgan fingerprint density at radius 1 is 1.40 bits per heavy atom. The lowest BCUT2D eigenvalue weighted by Crippen LogP contribution is -2.07. The summed E-state index contributed by atoms with van der Waals surface area (Å²) >= 11 is 0. The standard InChI is InChI=1S/C9H17N/c1-5-6-7-8-9(2)10(3)4/h6-8H,5H2,1-4H3. The fourth-order valence-corrected chi connectivity index (χ4v) is 0.492. The second kappa shape index (κ2) is 5.10. The maximum atomic E-state index is 2.15. The van der Waals surface area contributed by atoms with Gasteiger partial charge in [-0.2, -0.15) is 0 Å². The number of allylic oxidation sites excluding steroid dienone is 4. The van der Waals surface area contributed by atoms with E-state index in [0.29, 0.717) is 0 Å². The largest absolute Gasteiger partial charge is 0.381 e. The highest BCUT2D eigenvalue weighted by Gasteiger charge is 1.85. The highest BCUT2D eigenvalue weighted by atomic mass is 15.1. The van der Waals surface area contributed by atoms with Gasteiger partial charge in [-0.25, -0.2) is 0 Å². The van der Waals surface area contributed by atoms with Crippen LogP contribution in [0, 0.1) is 0 Å². The van der Waals surface area contributed by atoms with Crippen LogP contribution in [-0.4, -0.2) is 19.0 Å². The molecule has 0 atom stereocenters. The molecule has 0 bridgehead atoms. The van der Waals surface area contributed by atoms with E-state index >= 15 is 0 Å². The highest BCUT2D eigenvalue weighted by Crippen LogP contribution is 1.95. The van der Waals surface area contributed by atoms with Crippen molar-refractivity contribution in [2.45, 2.75) is 20.3 Å². The second-order valence-electron chi connectivity index (χ2n) is 2.54. The average molecular weight is 139 g/mol. The van der Waals surface area contributed by atoms with Crippen molar-refractivity contribution >= 4 is 0 Å². The molecule has 0 aromatic carbocycles. The Kier molecular flexibility index (Phi) is 4.73. The summed E-state index contributed by atoms with van der Waals surface area (Å²) in [6.07, 6.45) is 7.46. The van der Waals surface area contributed by atoms with Gasteiger partial charge >= 0.3 is 0 Å². The van der Waals surface area contributed by atoms with Crippen LogP contribution in [0.3, 0.4) is 0 Å². The van der Waals surface area contributed by atoms with Gasteiger partial charge in [0, 0.05) is 19.8 Å². The van der Waals surface area contributed by atoms with E-state index in [1.54, 1.807) is 0 Å². The highest BCUT2D eigenvalue weighted by molar-refractivity contribution is 5.08. The molecule has 0 aliphatic rings. The summed E-state index contributed by atoms with van der Waals surface area (Å²) in [5.41, 5.74) is 1.28. The molecule has 0 saturated heterocycles. The van der Waals surface area contributed by atoms with Gasteiger partial charge in [0.2, 0.25) is 0 Å². The maximum absolute atomic E-state index is 2.15. The quantitative estimate of drug-likeness (QED) is 0.543. The maximum Gasteiger partial charge on any atom is 0.00957 e. The molecule has 0 rings (SSSR count). The van der Waals surface area contributed by atoms with Gasteiger partial charge < -0.3 is 4.90 Å². The van der Waals surface area contributed by atoms with E-state index in [-0.39, 0.29) is 0 Å². The minimum Gasteiger partial charge on any atom is -0.381 e. The predicted octanol–water partition coefficient (Wildman–Crippen LogP) is 2.42. The molecule has 0 aromatic rings. The van der Waals surface area contributed by atoms with Crippen LogP contribution >= 0.6 is 0 Å². The van der Waals surface area contributed by atoms with Crippen molar-refractivity contribution in [3.63, 3.8) is 0 Å². The van der Waals surface area contributed by atoms with Crippen molar-refractivity contribution in [2.24, 2.45) is 0 Å². The molecule has 0 aromatic heterocycles. The summed E-state index contributed by atoms with van der Waals surface area (Å²) in [5.74, 6) is 0. The molecule has 10 heavy (non-hydrogen) atoms. The lowest BCUT2D eigenvalue weighted by atomic mass is 10.3. The molecule has 0 amide bonds. The van der Waals surface area contributed by atoms with Crippen LogP contribution in [0.2, 0.25) is 0 Å². The van der Waals surface area contributed by atoms with E-state index in [1.807, 2.05) is 14.1 Å². The van der Waals surface area contributed by atoms with Crippen molar-refractivity contribution in [1.82, 2.24) is 4.90 Å². The summed E-state index contributed by atoms with van der Waals surface area (Å²) in [6.45, 7) is 4.23. The van der Waals surface area contributed by atoms with Gasteiger partial charge in [0.25, 0.3) is 0 Å². The first-order valence-corrected chi connectivity index (χ1v) is 3.69. The van der Waals surface area contributed by atoms with E-state index in [9.17, 15) is 0 Å². The van der Waals surface area contributed by atoms with Crippen LogP contribution in [0.1, 0.15) is 20.3 Å². The normalized spacial score (nSPS) is 12.6. The van der Waals surface area contributed by atoms with E-state index in [4.69, 9.17) is 0 Å². The molecule has 0 spiro atoms. The molecule has 0 aliphatic carbocycles. The third kappa shape index (κ3) is 4.19. The van der Waals surface area contributed by atoms with Gasteiger partial charge in [-0.15, -0.1) is 0 Å². The SMILES string of the molecule is CCC=CC=C(C)N(C)C. The minimum atomic E-state index is 1.11. The summed E-state index contributed by atoms with van der Waals surface area (Å²) in [6, 6.07) is 0. The smallest absolute Gasteiger partial charge is 0.00957 e. The molecule has 1 nitrogen and oxygen atoms in total. The van der Waals surface area contributed by atoms with Crippen molar-refractivity contribution in [3.05, 3.63) is 23.9 Å². The molecule has 58 valence electrons. The zero-order valence-electron chi connectivity index (χ0n) is 7.39. The van der Waals surface area contributed by atoms with Crippen molar-refractivity contribution in [3.8, 4) is 0 Å². The molecular formula is C9H17N. The summed E-state index contributed by atoms with van der Waals surface area (Å²) in [5, 5.41) is 0. The summed E-state index contributed by atoms with van der Waals surface area (Å²) < 4.78 is 0. The Balaban J connectivity index is 3.79. The Labute approximate surface area is 64.0 Å². The zero-order valence-corrected chi connectivity index (χ0v) is 7.39. The second-order valence-corrected chi connectivity index (χ2v) is 2.54. The number of nitrogens with zero attached hydrogens (tertiary/aromatic N) is 1. The topological polar surface area (TPSA) is 3.24 Å². The van der Waals surface area contributed by atoms with Crippen molar-refractivity contribution in [2.75, 3.05) is 14.1 Å². The van der Waals surface area contributed by atoms with Crippen LogP contribution in [0.25, 0.3) is 0 Å². The van der Waals surface area contributed by atoms with Gasteiger partial charge in [-0.3, -0.25) is 0 Å². The number of hydrogen-bond acceptors (Lipinski definition) is 1. The van der Waals surface area contributed by atoms with Crippen LogP contribution in [-0.2, 0) is 0 Å². The monoisotopic (exact) mass is 139 g/mol. The predicted molar refractivity (Wildman–Crippen MR) is 46.9 cm³/mol. The molecule has 1 heteroatoms. The van der Waals surface area contributed by atoms with E-state index in [1.165, 1.54) is 5.70 Å². The first kappa shape index (κ1) is 9.28. The van der Waals surface area contributed by atoms with Gasteiger partial charge in [0.05, 0.1) is 0 Å². The molecular weight excluding hydrogens is 122 g/mol. The lowest BCUT2D eigenvalue weighted by molar-refractivity contribution is 0.514. The Morgan fingerprint density at radius 3 is 2.40 bits per heavy atom. The Bertz CT molecular complexity index is 132. The summed E-state index contributed by atoms with van der Waals surface area (Å²) in [7, 11) is 4.09. The molecule has 0 unspecified atom stereocenters. The van der Waals surface area contributed by atoms with Crippen LogP contribution in [0.15, 0.2) is 23.9 Å². The molecule has 0 fully saturated rings. The lowest BCUT2D eigenvalue weighted by Gasteiger charge is -2.10. The number of hydrogen-bond donors (Lipinski definition) is 0. The van der Waals surface area contributed by atoms with Gasteiger partial charge in [-0.1, -0.05) is 19.1 Å². The summed E-state index contributed by atoms with van der Waals surface area (Å²) in [4.78, 5) is 2.10. The fraction of sp³-hybridized carbons (Fsp3) is 0.556. The van der Waals surface area contributed by atoms with Gasteiger partial charge in [0.1, 0.15) is 0 Å². The van der Waals surface area contributed by atoms with Crippen LogP contribution in [0.4, 0.5) is 0 Å². The van der Waals surface area contributed by atoms with Crippen molar-refractivity contribution < 1.29 is 0 Å². The van der Waals surface area contributed by atoms with Gasteiger partial charge in [0.15, 0.2) is 0 Å². The van der Waals surface area contributed by atoms with Crippen LogP contribution < -0.4 is 0 Å². The minimum absolute atomic E-state index is 1.11. The average Bonchev–Trinajstić information content (AvgIpc) is 1.88. The van der Waals surface area contributed by atoms with Gasteiger partial charge in [-0.05, 0) is 19.4 Å². The molecule has 0 heterocycles. The zero-order chi connectivity index (χ0) is 7.98. The van der Waals surface area contributed by atoms with E-state index in [2.05, 4.69) is 37.0 Å². The Morgan fingerprint density at radius 2 is 2.00 bits per heavy atom. The van der Waals surface area contributed by atoms with Crippen molar-refractivity contribution in [1.29, 1.82) is 0 Å².